The Balaban J connectivity index is 1.32. The summed E-state index contributed by atoms with van der Waals surface area (Å²) in [5.41, 5.74) is 1.30. The van der Waals surface area contributed by atoms with Gasteiger partial charge in [0.1, 0.15) is 6.04 Å². The van der Waals surface area contributed by atoms with Gasteiger partial charge in [0.15, 0.2) is 5.13 Å². The third-order valence-corrected chi connectivity index (χ3v) is 6.93. The number of amides is 1. The first-order chi connectivity index (χ1) is 15.4. The summed E-state index contributed by atoms with van der Waals surface area (Å²) in [7, 11) is 0. The summed E-state index contributed by atoms with van der Waals surface area (Å²) in [6.07, 6.45) is 6.08. The van der Waals surface area contributed by atoms with Gasteiger partial charge in [-0.25, -0.2) is 19.7 Å². The number of nitrogens with one attached hydrogen (secondary N) is 2. The fraction of sp³-hybridized carbons (Fsp3) is 0.381. The molecule has 1 aliphatic rings. The summed E-state index contributed by atoms with van der Waals surface area (Å²) in [6.45, 7) is 4.03. The number of fused-ring (bicyclic) bond motifs is 1. The van der Waals surface area contributed by atoms with Crippen molar-refractivity contribution in [3.8, 4) is 0 Å². The van der Waals surface area contributed by atoms with Crippen molar-refractivity contribution >= 4 is 56.3 Å². The van der Waals surface area contributed by atoms with Crippen LogP contribution in [-0.2, 0) is 4.79 Å². The lowest BCUT2D eigenvalue weighted by Crippen LogP contribution is -2.55. The standard InChI is InChI=1S/C21H24N6O3S2/c1-12(8-22-20-23-10-14(31-2)11-24-20)9-25-21-26-15-4-3-13(7-17(15)32-21)18(28)27-6-5-16(27)19(29)30/h3-4,7,10-12,16H,5-6,8-9H2,1-2H3,(H,25,26)(H,29,30)(H,22,23,24)/t12-,16?/m0/s1. The van der Waals surface area contributed by atoms with Crippen molar-refractivity contribution in [2.75, 3.05) is 36.5 Å². The van der Waals surface area contributed by atoms with Gasteiger partial charge in [0.05, 0.1) is 10.2 Å². The van der Waals surface area contributed by atoms with E-state index in [-0.39, 0.29) is 5.91 Å². The molecule has 2 atom stereocenters. The third kappa shape index (κ3) is 4.94. The Kier molecular flexibility index (Phi) is 6.75. The second kappa shape index (κ2) is 9.70. The molecule has 3 N–H and O–H groups in total. The molecule has 1 fully saturated rings. The SMILES string of the molecule is CSc1cnc(NC[C@H](C)CNc2nc3ccc(C(=O)N4CCC4C(=O)O)cc3s2)nc1. The third-order valence-electron chi connectivity index (χ3n) is 5.28. The Morgan fingerprint density at radius 3 is 2.69 bits per heavy atom. The van der Waals surface area contributed by atoms with Crippen LogP contribution in [0.4, 0.5) is 11.1 Å². The fourth-order valence-electron chi connectivity index (χ4n) is 3.30. The van der Waals surface area contributed by atoms with Crippen LogP contribution in [0.1, 0.15) is 23.7 Å². The van der Waals surface area contributed by atoms with Gasteiger partial charge in [-0.2, -0.15) is 0 Å². The Labute approximate surface area is 193 Å². The van der Waals surface area contributed by atoms with Gasteiger partial charge in [0.25, 0.3) is 5.91 Å². The molecule has 0 bridgehead atoms. The minimum absolute atomic E-state index is 0.249. The molecule has 9 nitrogen and oxygen atoms in total. The zero-order chi connectivity index (χ0) is 22.7. The molecule has 168 valence electrons. The van der Waals surface area contributed by atoms with Crippen molar-refractivity contribution in [2.45, 2.75) is 24.3 Å². The highest BCUT2D eigenvalue weighted by Crippen LogP contribution is 2.29. The zero-order valence-corrected chi connectivity index (χ0v) is 19.4. The maximum atomic E-state index is 12.6. The average Bonchev–Trinajstić information content (AvgIpc) is 3.17. The van der Waals surface area contributed by atoms with Gasteiger partial charge in [-0.05, 0) is 36.8 Å². The molecule has 0 saturated carbocycles. The summed E-state index contributed by atoms with van der Waals surface area (Å²) < 4.78 is 0.888. The van der Waals surface area contributed by atoms with Crippen LogP contribution >= 0.6 is 23.1 Å². The van der Waals surface area contributed by atoms with Gasteiger partial charge in [-0.3, -0.25) is 4.79 Å². The Hall–Kier alpha value is -2.92. The second-order valence-corrected chi connectivity index (χ2v) is 9.57. The number of hydrogen-bond acceptors (Lipinski definition) is 9. The molecule has 4 rings (SSSR count). The normalized spacial score (nSPS) is 16.4. The van der Waals surface area contributed by atoms with E-state index < -0.39 is 12.0 Å². The monoisotopic (exact) mass is 472 g/mol. The summed E-state index contributed by atoms with van der Waals surface area (Å²) in [5.74, 6) is -0.287. The second-order valence-electron chi connectivity index (χ2n) is 7.66. The van der Waals surface area contributed by atoms with Crippen molar-refractivity contribution in [3.05, 3.63) is 36.2 Å². The lowest BCUT2D eigenvalue weighted by atomic mass is 10.0. The smallest absolute Gasteiger partial charge is 0.326 e. The zero-order valence-electron chi connectivity index (χ0n) is 17.7. The van der Waals surface area contributed by atoms with E-state index in [1.165, 1.54) is 16.2 Å². The minimum Gasteiger partial charge on any atom is -0.480 e. The van der Waals surface area contributed by atoms with Crippen molar-refractivity contribution in [3.63, 3.8) is 0 Å². The minimum atomic E-state index is -0.956. The van der Waals surface area contributed by atoms with Gasteiger partial charge in [-0.1, -0.05) is 18.3 Å². The number of nitrogens with zero attached hydrogens (tertiary/aromatic N) is 4. The van der Waals surface area contributed by atoms with Gasteiger partial charge in [0, 0.05) is 42.5 Å². The van der Waals surface area contributed by atoms with Crippen LogP contribution in [0, 0.1) is 5.92 Å². The molecular weight excluding hydrogens is 448 g/mol. The molecule has 1 saturated heterocycles. The van der Waals surface area contributed by atoms with Gasteiger partial charge >= 0.3 is 5.97 Å². The number of thioether (sulfide) groups is 1. The highest BCUT2D eigenvalue weighted by Gasteiger charge is 2.37. The number of likely N-dealkylation sites (tertiary alicyclic amines) is 1. The lowest BCUT2D eigenvalue weighted by Gasteiger charge is -2.37. The molecule has 0 radical (unpaired) electrons. The number of aromatic nitrogens is 3. The molecule has 3 aromatic rings. The highest BCUT2D eigenvalue weighted by molar-refractivity contribution is 7.98. The van der Waals surface area contributed by atoms with Gasteiger partial charge in [-0.15, -0.1) is 11.8 Å². The van der Waals surface area contributed by atoms with Crippen LogP contribution in [0.15, 0.2) is 35.5 Å². The van der Waals surface area contributed by atoms with E-state index in [2.05, 4.69) is 32.5 Å². The van der Waals surface area contributed by atoms with Crippen LogP contribution in [0.25, 0.3) is 10.2 Å². The molecule has 2 aromatic heterocycles. The Bertz CT molecular complexity index is 1120. The predicted molar refractivity (Wildman–Crippen MR) is 127 cm³/mol. The Morgan fingerprint density at radius 2 is 2.03 bits per heavy atom. The number of carbonyl (C=O) groups is 2. The number of thiazole rings is 1. The number of hydrogen-bond donors (Lipinski definition) is 3. The van der Waals surface area contributed by atoms with Gasteiger partial charge in [0.2, 0.25) is 5.95 Å². The van der Waals surface area contributed by atoms with E-state index in [9.17, 15) is 14.7 Å². The first-order valence-electron chi connectivity index (χ1n) is 10.2. The molecule has 32 heavy (non-hydrogen) atoms. The van der Waals surface area contributed by atoms with Crippen molar-refractivity contribution in [1.82, 2.24) is 19.9 Å². The number of carboxylic acids is 1. The summed E-state index contributed by atoms with van der Waals surface area (Å²) in [4.78, 5) is 39.4. The summed E-state index contributed by atoms with van der Waals surface area (Å²) in [6, 6.07) is 4.58. The molecule has 1 aromatic carbocycles. The molecule has 11 heteroatoms. The fourth-order valence-corrected chi connectivity index (χ4v) is 4.53. The molecule has 0 aliphatic carbocycles. The number of benzene rings is 1. The largest absolute Gasteiger partial charge is 0.480 e. The molecule has 1 amide bonds. The summed E-state index contributed by atoms with van der Waals surface area (Å²) in [5, 5.41) is 16.6. The molecule has 3 heterocycles. The van der Waals surface area contributed by atoms with Crippen LogP contribution < -0.4 is 10.6 Å². The van der Waals surface area contributed by atoms with E-state index in [1.54, 1.807) is 42.4 Å². The number of carbonyl (C=O) groups excluding carboxylic acids is 1. The van der Waals surface area contributed by atoms with Crippen LogP contribution in [0.5, 0.6) is 0 Å². The van der Waals surface area contributed by atoms with E-state index in [4.69, 9.17) is 0 Å². The van der Waals surface area contributed by atoms with E-state index in [1.807, 2.05) is 6.26 Å². The average molecular weight is 473 g/mol. The first kappa shape index (κ1) is 22.3. The van der Waals surface area contributed by atoms with Crippen molar-refractivity contribution in [2.24, 2.45) is 5.92 Å². The molecule has 0 spiro atoms. The number of rotatable bonds is 9. The van der Waals surface area contributed by atoms with Crippen LogP contribution in [-0.4, -0.2) is 68.8 Å². The number of anilines is 2. The van der Waals surface area contributed by atoms with Gasteiger partial charge < -0.3 is 20.6 Å². The molecule has 1 unspecified atom stereocenters. The Morgan fingerprint density at radius 1 is 1.28 bits per heavy atom. The topological polar surface area (TPSA) is 120 Å². The van der Waals surface area contributed by atoms with E-state index in [0.717, 1.165) is 33.3 Å². The van der Waals surface area contributed by atoms with Crippen LogP contribution in [0.2, 0.25) is 0 Å². The summed E-state index contributed by atoms with van der Waals surface area (Å²) >= 11 is 3.08. The van der Waals surface area contributed by atoms with Crippen LogP contribution in [0.3, 0.4) is 0 Å². The quantitative estimate of drug-likeness (QED) is 0.403. The maximum absolute atomic E-state index is 12.6. The number of aliphatic carboxylic acids is 1. The maximum Gasteiger partial charge on any atom is 0.326 e. The predicted octanol–water partition coefficient (Wildman–Crippen LogP) is 3.27. The number of carboxylic acid groups (broad SMARTS) is 1. The molecular formula is C21H24N6O3S2. The van der Waals surface area contributed by atoms with E-state index in [0.29, 0.717) is 30.4 Å². The van der Waals surface area contributed by atoms with E-state index >= 15 is 0 Å². The molecule has 1 aliphatic heterocycles. The van der Waals surface area contributed by atoms with Crippen molar-refractivity contribution in [1.29, 1.82) is 0 Å². The van der Waals surface area contributed by atoms with Crippen molar-refractivity contribution < 1.29 is 14.7 Å². The highest BCUT2D eigenvalue weighted by atomic mass is 32.2. The lowest BCUT2D eigenvalue weighted by molar-refractivity contribution is -0.146. The first-order valence-corrected chi connectivity index (χ1v) is 12.3.